The lowest BCUT2D eigenvalue weighted by Gasteiger charge is -2.15. The van der Waals surface area contributed by atoms with Gasteiger partial charge in [-0.05, 0) is 37.1 Å². The second kappa shape index (κ2) is 10.8. The van der Waals surface area contributed by atoms with E-state index in [9.17, 15) is 19.7 Å². The number of benzene rings is 2. The molecule has 0 heterocycles. The third-order valence-corrected chi connectivity index (χ3v) is 4.25. The maximum atomic E-state index is 12.2. The maximum Gasteiger partial charge on any atom is 0.270 e. The van der Waals surface area contributed by atoms with E-state index in [1.807, 2.05) is 6.92 Å². The van der Waals surface area contributed by atoms with Gasteiger partial charge in [-0.3, -0.25) is 19.7 Å². The molecule has 9 nitrogen and oxygen atoms in total. The van der Waals surface area contributed by atoms with E-state index in [0.29, 0.717) is 29.2 Å². The van der Waals surface area contributed by atoms with E-state index in [1.54, 1.807) is 38.3 Å². The van der Waals surface area contributed by atoms with Gasteiger partial charge in [0.25, 0.3) is 11.6 Å². The predicted molar refractivity (Wildman–Crippen MR) is 111 cm³/mol. The Balaban J connectivity index is 2.13. The fourth-order valence-electron chi connectivity index (χ4n) is 2.65. The van der Waals surface area contributed by atoms with Crippen LogP contribution >= 0.6 is 0 Å². The number of hydrogen-bond donors (Lipinski definition) is 2. The summed E-state index contributed by atoms with van der Waals surface area (Å²) in [6.07, 6.45) is 0.795. The summed E-state index contributed by atoms with van der Waals surface area (Å²) >= 11 is 0. The molecule has 0 unspecified atom stereocenters. The van der Waals surface area contributed by atoms with Crippen LogP contribution in [0.25, 0.3) is 11.1 Å². The molecule has 2 N–H and O–H groups in total. The average molecular weight is 415 g/mol. The Morgan fingerprint density at radius 2 is 1.87 bits per heavy atom. The van der Waals surface area contributed by atoms with Crippen molar-refractivity contribution in [2.45, 2.75) is 26.3 Å². The first-order valence-corrected chi connectivity index (χ1v) is 9.48. The van der Waals surface area contributed by atoms with Crippen LogP contribution in [0.1, 0.15) is 20.3 Å². The van der Waals surface area contributed by atoms with Gasteiger partial charge >= 0.3 is 0 Å². The Hall–Kier alpha value is -3.62. The molecule has 2 amide bonds. The largest absolute Gasteiger partial charge is 0.497 e. The Bertz CT molecular complexity index is 898. The topological polar surface area (TPSA) is 120 Å². The Labute approximate surface area is 174 Å². The van der Waals surface area contributed by atoms with Gasteiger partial charge in [-0.15, -0.1) is 0 Å². The van der Waals surface area contributed by atoms with Gasteiger partial charge in [0.05, 0.1) is 12.0 Å². The van der Waals surface area contributed by atoms with Crippen LogP contribution in [0, 0.1) is 10.1 Å². The molecule has 0 aromatic heterocycles. The highest BCUT2D eigenvalue weighted by molar-refractivity contribution is 5.88. The van der Waals surface area contributed by atoms with Crippen molar-refractivity contribution < 1.29 is 24.0 Å². The minimum absolute atomic E-state index is 0.0983. The van der Waals surface area contributed by atoms with Crippen LogP contribution in [-0.2, 0) is 9.59 Å². The fourth-order valence-corrected chi connectivity index (χ4v) is 2.65. The summed E-state index contributed by atoms with van der Waals surface area (Å²) in [6, 6.07) is 10.4. The molecule has 0 aliphatic rings. The Morgan fingerprint density at radius 3 is 2.47 bits per heavy atom. The number of carbonyl (C=O) groups excluding carboxylic acids is 2. The molecule has 0 radical (unpaired) electrons. The number of methoxy groups -OCH3 is 1. The van der Waals surface area contributed by atoms with Crippen molar-refractivity contribution in [3.8, 4) is 22.6 Å². The first-order chi connectivity index (χ1) is 14.3. The first kappa shape index (κ1) is 22.7. The normalized spacial score (nSPS) is 11.3. The van der Waals surface area contributed by atoms with E-state index in [4.69, 9.17) is 9.47 Å². The highest BCUT2D eigenvalue weighted by Gasteiger charge is 2.17. The molecule has 30 heavy (non-hydrogen) atoms. The number of amides is 2. The van der Waals surface area contributed by atoms with Crippen LogP contribution in [0.2, 0.25) is 0 Å². The summed E-state index contributed by atoms with van der Waals surface area (Å²) in [5.74, 6) is 0.193. The highest BCUT2D eigenvalue weighted by Crippen LogP contribution is 2.34. The number of carbonyl (C=O) groups is 2. The van der Waals surface area contributed by atoms with Crippen LogP contribution < -0.4 is 20.1 Å². The smallest absolute Gasteiger partial charge is 0.270 e. The van der Waals surface area contributed by atoms with Crippen molar-refractivity contribution in [2.24, 2.45) is 0 Å². The molecule has 0 aliphatic carbocycles. The molecule has 2 rings (SSSR count). The molecular weight excluding hydrogens is 390 g/mol. The number of nitrogens with zero attached hydrogens (tertiary/aromatic N) is 1. The highest BCUT2D eigenvalue weighted by atomic mass is 16.6. The molecule has 0 fully saturated rings. The van der Waals surface area contributed by atoms with E-state index < -0.39 is 16.9 Å². The van der Waals surface area contributed by atoms with Crippen LogP contribution in [0.4, 0.5) is 5.69 Å². The molecule has 9 heteroatoms. The predicted octanol–water partition coefficient (Wildman–Crippen LogP) is 2.68. The second-order valence-corrected chi connectivity index (χ2v) is 6.53. The zero-order chi connectivity index (χ0) is 22.1. The zero-order valence-corrected chi connectivity index (χ0v) is 17.1. The summed E-state index contributed by atoms with van der Waals surface area (Å²) < 4.78 is 10.7. The maximum absolute atomic E-state index is 12.2. The molecule has 0 spiro atoms. The molecule has 0 saturated carbocycles. The summed E-state index contributed by atoms with van der Waals surface area (Å²) in [6.45, 7) is 3.70. The molecule has 2 aromatic carbocycles. The average Bonchev–Trinajstić information content (AvgIpc) is 2.75. The van der Waals surface area contributed by atoms with Crippen molar-refractivity contribution in [1.82, 2.24) is 10.6 Å². The van der Waals surface area contributed by atoms with Crippen molar-refractivity contribution in [3.63, 3.8) is 0 Å². The minimum Gasteiger partial charge on any atom is -0.497 e. The molecule has 1 atom stereocenters. The summed E-state index contributed by atoms with van der Waals surface area (Å²) in [4.78, 5) is 34.7. The van der Waals surface area contributed by atoms with Gasteiger partial charge in [-0.25, -0.2) is 0 Å². The van der Waals surface area contributed by atoms with Crippen molar-refractivity contribution in [2.75, 3.05) is 20.3 Å². The third kappa shape index (κ3) is 6.20. The van der Waals surface area contributed by atoms with E-state index in [2.05, 4.69) is 10.6 Å². The van der Waals surface area contributed by atoms with Crippen molar-refractivity contribution in [1.29, 1.82) is 0 Å². The molecule has 2 aromatic rings. The summed E-state index contributed by atoms with van der Waals surface area (Å²) in [5.41, 5.74) is 1.04. The number of nitro groups is 1. The fraction of sp³-hybridized carbons (Fsp3) is 0.333. The molecule has 0 saturated heterocycles. The number of nitrogens with one attached hydrogen (secondary N) is 2. The molecule has 0 aliphatic heterocycles. The number of ether oxygens (including phenoxy) is 2. The summed E-state index contributed by atoms with van der Waals surface area (Å²) in [7, 11) is 1.54. The Morgan fingerprint density at radius 1 is 1.17 bits per heavy atom. The van der Waals surface area contributed by atoms with Gasteiger partial charge in [0.2, 0.25) is 5.91 Å². The number of non-ortho nitro benzene ring substituents is 1. The van der Waals surface area contributed by atoms with Gasteiger partial charge in [-0.1, -0.05) is 19.1 Å². The van der Waals surface area contributed by atoms with E-state index in [0.717, 1.165) is 6.42 Å². The molecule has 160 valence electrons. The lowest BCUT2D eigenvalue weighted by atomic mass is 10.0. The van der Waals surface area contributed by atoms with Gasteiger partial charge in [0.1, 0.15) is 17.5 Å². The van der Waals surface area contributed by atoms with E-state index in [-0.39, 0.29) is 18.2 Å². The van der Waals surface area contributed by atoms with E-state index in [1.165, 1.54) is 18.2 Å². The van der Waals surface area contributed by atoms with Crippen LogP contribution in [0.15, 0.2) is 42.5 Å². The zero-order valence-electron chi connectivity index (χ0n) is 17.1. The van der Waals surface area contributed by atoms with Gasteiger partial charge in [0, 0.05) is 24.2 Å². The summed E-state index contributed by atoms with van der Waals surface area (Å²) in [5, 5.41) is 16.4. The van der Waals surface area contributed by atoms with Crippen LogP contribution in [0.3, 0.4) is 0 Å². The first-order valence-electron chi connectivity index (χ1n) is 9.48. The lowest BCUT2D eigenvalue weighted by molar-refractivity contribution is -0.384. The Kier molecular flexibility index (Phi) is 8.16. The van der Waals surface area contributed by atoms with Crippen molar-refractivity contribution in [3.05, 3.63) is 52.6 Å². The third-order valence-electron chi connectivity index (χ3n) is 4.25. The van der Waals surface area contributed by atoms with Crippen LogP contribution in [-0.4, -0.2) is 43.0 Å². The molecular formula is C21H25N3O6. The van der Waals surface area contributed by atoms with Gasteiger partial charge in [-0.2, -0.15) is 0 Å². The van der Waals surface area contributed by atoms with Crippen molar-refractivity contribution >= 4 is 17.5 Å². The standard InChI is InChI=1S/C21H25N3O6/c1-4-11-22-21(26)14(2)23-20(25)13-30-19-10-7-16(24(27)28)12-18(19)15-5-8-17(29-3)9-6-15/h5-10,12,14H,4,11,13H2,1-3H3,(H,22,26)(H,23,25)/t14-/m1/s1. The van der Waals surface area contributed by atoms with Gasteiger partial charge in [0.15, 0.2) is 6.61 Å². The SMILES string of the molecule is CCCNC(=O)[C@@H](C)NC(=O)COc1ccc([N+](=O)[O-])cc1-c1ccc(OC)cc1. The van der Waals surface area contributed by atoms with Crippen LogP contribution in [0.5, 0.6) is 11.5 Å². The van der Waals surface area contributed by atoms with Gasteiger partial charge < -0.3 is 20.1 Å². The van der Waals surface area contributed by atoms with E-state index >= 15 is 0 Å². The number of nitro benzene ring substituents is 1. The molecule has 0 bridgehead atoms. The number of rotatable bonds is 10. The quantitative estimate of drug-likeness (QED) is 0.455. The minimum atomic E-state index is -0.703. The second-order valence-electron chi connectivity index (χ2n) is 6.53. The monoisotopic (exact) mass is 415 g/mol. The number of hydrogen-bond acceptors (Lipinski definition) is 6. The lowest BCUT2D eigenvalue weighted by Crippen LogP contribution is -2.46.